The Bertz CT molecular complexity index is 734. The van der Waals surface area contributed by atoms with Crippen LogP contribution in [-0.2, 0) is 18.4 Å². The number of aromatic nitrogens is 4. The van der Waals surface area contributed by atoms with Gasteiger partial charge < -0.3 is 10.2 Å². The number of nitrogens with one attached hydrogen (secondary N) is 1. The molecule has 2 aromatic heterocycles. The van der Waals surface area contributed by atoms with Gasteiger partial charge in [-0.15, -0.1) is 0 Å². The smallest absolute Gasteiger partial charge is 0.276 e. The van der Waals surface area contributed by atoms with Gasteiger partial charge in [0.1, 0.15) is 0 Å². The van der Waals surface area contributed by atoms with Crippen LogP contribution in [0.2, 0.25) is 0 Å². The molecule has 0 spiro atoms. The fraction of sp³-hybridized carbons (Fsp3) is 0.429. The third kappa shape index (κ3) is 3.98. The van der Waals surface area contributed by atoms with E-state index < -0.39 is 0 Å². The molecule has 0 aliphatic carbocycles. The Morgan fingerprint density at radius 1 is 1.39 bits per heavy atom. The van der Waals surface area contributed by atoms with Crippen LogP contribution in [0.15, 0.2) is 16.9 Å². The molecule has 2 rings (SSSR count). The largest absolute Gasteiger partial charge is 0.343 e. The van der Waals surface area contributed by atoms with Gasteiger partial charge in [0.2, 0.25) is 5.91 Å². The number of anilines is 1. The molecule has 0 aliphatic rings. The van der Waals surface area contributed by atoms with Crippen molar-refractivity contribution in [2.75, 3.05) is 19.4 Å². The molecule has 23 heavy (non-hydrogen) atoms. The molecule has 2 heterocycles. The molecule has 0 saturated carbocycles. The van der Waals surface area contributed by atoms with Gasteiger partial charge in [0.05, 0.1) is 22.1 Å². The van der Waals surface area contributed by atoms with Crippen LogP contribution < -0.4 is 5.32 Å². The Hall–Kier alpha value is -2.16. The van der Waals surface area contributed by atoms with Crippen LogP contribution in [0.3, 0.4) is 0 Å². The Morgan fingerprint density at radius 3 is 2.65 bits per heavy atom. The first kappa shape index (κ1) is 17.2. The molecule has 0 fully saturated rings. The van der Waals surface area contributed by atoms with Gasteiger partial charge in [-0.3, -0.25) is 19.0 Å². The van der Waals surface area contributed by atoms with Crippen molar-refractivity contribution in [3.63, 3.8) is 0 Å². The standard InChI is InChI=1S/C14H19BrN6O2/c1-9-12(13(18-20(9)4)14(23)19(2)3)17-11(22)5-6-21-8-10(15)7-16-21/h7-8H,5-6H2,1-4H3,(H,17,22). The molecule has 0 aliphatic heterocycles. The summed E-state index contributed by atoms with van der Waals surface area (Å²) in [5.74, 6) is -0.444. The van der Waals surface area contributed by atoms with Crippen LogP contribution in [0.5, 0.6) is 0 Å². The van der Waals surface area contributed by atoms with Gasteiger partial charge in [0.15, 0.2) is 5.69 Å². The van der Waals surface area contributed by atoms with Gasteiger partial charge in [-0.2, -0.15) is 10.2 Å². The van der Waals surface area contributed by atoms with Crippen LogP contribution in [0, 0.1) is 6.92 Å². The number of carbonyl (C=O) groups is 2. The minimum atomic E-state index is -0.250. The summed E-state index contributed by atoms with van der Waals surface area (Å²) in [6.45, 7) is 2.26. The summed E-state index contributed by atoms with van der Waals surface area (Å²) in [5.41, 5.74) is 1.42. The molecule has 2 amide bonds. The van der Waals surface area contributed by atoms with E-state index in [1.807, 2.05) is 0 Å². The van der Waals surface area contributed by atoms with Crippen molar-refractivity contribution in [3.8, 4) is 0 Å². The van der Waals surface area contributed by atoms with E-state index in [1.54, 1.807) is 49.8 Å². The first-order valence-electron chi connectivity index (χ1n) is 7.02. The van der Waals surface area contributed by atoms with Gasteiger partial charge in [0.25, 0.3) is 5.91 Å². The number of hydrogen-bond acceptors (Lipinski definition) is 4. The molecule has 0 saturated heterocycles. The van der Waals surface area contributed by atoms with Crippen molar-refractivity contribution >= 4 is 33.4 Å². The number of hydrogen-bond donors (Lipinski definition) is 1. The number of aryl methyl sites for hydroxylation is 2. The number of carbonyl (C=O) groups excluding carboxylic acids is 2. The van der Waals surface area contributed by atoms with Crippen LogP contribution in [-0.4, -0.2) is 50.4 Å². The molecule has 124 valence electrons. The second-order valence-corrected chi connectivity index (χ2v) is 6.27. The molecule has 0 atom stereocenters. The van der Waals surface area contributed by atoms with Gasteiger partial charge in [-0.25, -0.2) is 0 Å². The van der Waals surface area contributed by atoms with Crippen molar-refractivity contribution in [1.82, 2.24) is 24.5 Å². The van der Waals surface area contributed by atoms with Gasteiger partial charge in [-0.1, -0.05) is 0 Å². The second kappa shape index (κ2) is 6.95. The van der Waals surface area contributed by atoms with Gasteiger partial charge in [0, 0.05) is 40.3 Å². The number of halogens is 1. The zero-order valence-electron chi connectivity index (χ0n) is 13.5. The third-order valence-electron chi connectivity index (χ3n) is 3.38. The second-order valence-electron chi connectivity index (χ2n) is 5.35. The highest BCUT2D eigenvalue weighted by Gasteiger charge is 2.22. The molecule has 8 nitrogen and oxygen atoms in total. The lowest BCUT2D eigenvalue weighted by Crippen LogP contribution is -2.24. The lowest BCUT2D eigenvalue weighted by molar-refractivity contribution is -0.116. The highest BCUT2D eigenvalue weighted by atomic mass is 79.9. The van der Waals surface area contributed by atoms with Crippen molar-refractivity contribution in [1.29, 1.82) is 0 Å². The van der Waals surface area contributed by atoms with Crippen LogP contribution in [0.4, 0.5) is 5.69 Å². The summed E-state index contributed by atoms with van der Waals surface area (Å²) in [5, 5.41) is 11.1. The molecule has 1 N–H and O–H groups in total. The van der Waals surface area contributed by atoms with E-state index >= 15 is 0 Å². The van der Waals surface area contributed by atoms with E-state index in [4.69, 9.17) is 0 Å². The van der Waals surface area contributed by atoms with Crippen LogP contribution in [0.1, 0.15) is 22.6 Å². The van der Waals surface area contributed by atoms with Crippen molar-refractivity contribution in [3.05, 3.63) is 28.3 Å². The summed E-state index contributed by atoms with van der Waals surface area (Å²) < 4.78 is 4.11. The van der Waals surface area contributed by atoms with Crippen LogP contribution >= 0.6 is 15.9 Å². The minimum Gasteiger partial charge on any atom is -0.343 e. The molecule has 0 unspecified atom stereocenters. The maximum atomic E-state index is 12.2. The summed E-state index contributed by atoms with van der Waals surface area (Å²) in [6.07, 6.45) is 3.71. The first-order valence-corrected chi connectivity index (χ1v) is 7.82. The topological polar surface area (TPSA) is 85.1 Å². The van der Waals surface area contributed by atoms with E-state index in [0.29, 0.717) is 12.2 Å². The van der Waals surface area contributed by atoms with Crippen molar-refractivity contribution in [2.45, 2.75) is 19.9 Å². The summed E-state index contributed by atoms with van der Waals surface area (Å²) in [4.78, 5) is 25.8. The quantitative estimate of drug-likeness (QED) is 0.846. The highest BCUT2D eigenvalue weighted by molar-refractivity contribution is 9.10. The fourth-order valence-electron chi connectivity index (χ4n) is 2.00. The molecular formula is C14H19BrN6O2. The van der Waals surface area contributed by atoms with Gasteiger partial charge in [-0.05, 0) is 22.9 Å². The van der Waals surface area contributed by atoms with E-state index in [2.05, 4.69) is 31.4 Å². The van der Waals surface area contributed by atoms with E-state index in [-0.39, 0.29) is 23.9 Å². The van der Waals surface area contributed by atoms with Crippen molar-refractivity contribution in [2.24, 2.45) is 7.05 Å². The molecule has 2 aromatic rings. The summed E-state index contributed by atoms with van der Waals surface area (Å²) >= 11 is 3.31. The Kier molecular flexibility index (Phi) is 5.19. The summed E-state index contributed by atoms with van der Waals surface area (Å²) in [6, 6.07) is 0. The average molecular weight is 383 g/mol. The predicted octanol–water partition coefficient (Wildman–Crippen LogP) is 1.42. The monoisotopic (exact) mass is 382 g/mol. The van der Waals surface area contributed by atoms with E-state index in [0.717, 1.165) is 10.2 Å². The number of amides is 2. The predicted molar refractivity (Wildman–Crippen MR) is 89.1 cm³/mol. The lowest BCUT2D eigenvalue weighted by Gasteiger charge is -2.11. The van der Waals surface area contributed by atoms with E-state index in [1.165, 1.54) is 4.90 Å². The molecule has 0 bridgehead atoms. The van der Waals surface area contributed by atoms with Crippen LogP contribution in [0.25, 0.3) is 0 Å². The Balaban J connectivity index is 2.09. The molecule has 0 radical (unpaired) electrons. The van der Waals surface area contributed by atoms with Crippen molar-refractivity contribution < 1.29 is 9.59 Å². The zero-order valence-corrected chi connectivity index (χ0v) is 15.1. The number of rotatable bonds is 5. The summed E-state index contributed by atoms with van der Waals surface area (Å²) in [7, 11) is 5.03. The normalized spacial score (nSPS) is 10.7. The Morgan fingerprint density at radius 2 is 2.09 bits per heavy atom. The third-order valence-corrected chi connectivity index (χ3v) is 3.79. The molecule has 9 heteroatoms. The van der Waals surface area contributed by atoms with E-state index in [9.17, 15) is 9.59 Å². The Labute approximate surface area is 142 Å². The average Bonchev–Trinajstić information content (AvgIpc) is 3.02. The zero-order chi connectivity index (χ0) is 17.1. The maximum absolute atomic E-state index is 12.2. The fourth-order valence-corrected chi connectivity index (χ4v) is 2.33. The minimum absolute atomic E-state index is 0.194. The number of nitrogens with zero attached hydrogens (tertiary/aromatic N) is 5. The lowest BCUT2D eigenvalue weighted by atomic mass is 10.2. The molecular weight excluding hydrogens is 364 g/mol. The van der Waals surface area contributed by atoms with Gasteiger partial charge >= 0.3 is 0 Å². The molecule has 0 aromatic carbocycles. The SMILES string of the molecule is Cc1c(NC(=O)CCn2cc(Br)cn2)c(C(=O)N(C)C)nn1C. The maximum Gasteiger partial charge on any atom is 0.276 e. The highest BCUT2D eigenvalue weighted by Crippen LogP contribution is 2.21. The first-order chi connectivity index (χ1) is 10.8.